The van der Waals surface area contributed by atoms with E-state index in [2.05, 4.69) is 78.2 Å². The fraction of sp³-hybridized carbons (Fsp3) is 0.0625. The summed E-state index contributed by atoms with van der Waals surface area (Å²) in [6.45, 7) is 4.14. The molecule has 172 valence electrons. The van der Waals surface area contributed by atoms with Gasteiger partial charge in [0.1, 0.15) is 11.6 Å². The molecule has 4 heteroatoms. The largest absolute Gasteiger partial charge is 0.459 e. The van der Waals surface area contributed by atoms with Gasteiger partial charge in [0.25, 0.3) is 0 Å². The maximum absolute atomic E-state index is 6.37. The predicted molar refractivity (Wildman–Crippen MR) is 146 cm³/mol. The fourth-order valence-corrected chi connectivity index (χ4v) is 5.11. The molecule has 7 rings (SSSR count). The molecule has 0 unspecified atom stereocenters. The van der Waals surface area contributed by atoms with Crippen LogP contribution in [0.1, 0.15) is 11.3 Å². The van der Waals surface area contributed by atoms with Crippen molar-refractivity contribution in [3.63, 3.8) is 0 Å². The number of nitrogens with zero attached hydrogens (tertiary/aromatic N) is 3. The third kappa shape index (κ3) is 3.08. The highest BCUT2D eigenvalue weighted by Crippen LogP contribution is 2.39. The molecule has 0 atom stereocenters. The molecule has 0 saturated carbocycles. The van der Waals surface area contributed by atoms with Crippen LogP contribution in [0.25, 0.3) is 61.2 Å². The highest BCUT2D eigenvalue weighted by atomic mass is 16.3. The first kappa shape index (κ1) is 20.7. The molecule has 4 aromatic carbocycles. The Bertz CT molecular complexity index is 1840. The second kappa shape index (κ2) is 7.92. The van der Waals surface area contributed by atoms with Crippen molar-refractivity contribution in [1.29, 1.82) is 0 Å². The molecule has 3 heterocycles. The minimum Gasteiger partial charge on any atom is -0.459 e. The molecule has 36 heavy (non-hydrogen) atoms. The second-order valence-corrected chi connectivity index (χ2v) is 9.14. The molecule has 0 spiro atoms. The number of rotatable bonds is 3. The van der Waals surface area contributed by atoms with E-state index in [1.807, 2.05) is 43.3 Å². The van der Waals surface area contributed by atoms with Crippen LogP contribution in [-0.2, 0) is 0 Å². The van der Waals surface area contributed by atoms with Crippen molar-refractivity contribution in [3.8, 4) is 28.5 Å². The van der Waals surface area contributed by atoms with Crippen molar-refractivity contribution in [2.45, 2.75) is 13.8 Å². The van der Waals surface area contributed by atoms with E-state index in [9.17, 15) is 0 Å². The Hall–Kier alpha value is -4.70. The van der Waals surface area contributed by atoms with Crippen LogP contribution in [-0.4, -0.2) is 14.5 Å². The number of furan rings is 1. The summed E-state index contributed by atoms with van der Waals surface area (Å²) in [7, 11) is 0. The number of aromatic nitrogens is 3. The number of para-hydroxylation sites is 1. The molecule has 4 nitrogen and oxygen atoms in total. The summed E-state index contributed by atoms with van der Waals surface area (Å²) in [6, 6.07) is 35.4. The topological polar surface area (TPSA) is 43.9 Å². The third-order valence-corrected chi connectivity index (χ3v) is 7.02. The molecular weight excluding hydrogens is 442 g/mol. The quantitative estimate of drug-likeness (QED) is 0.264. The average molecular weight is 466 g/mol. The van der Waals surface area contributed by atoms with Crippen molar-refractivity contribution in [2.75, 3.05) is 0 Å². The summed E-state index contributed by atoms with van der Waals surface area (Å²) >= 11 is 0. The van der Waals surface area contributed by atoms with Gasteiger partial charge in [-0.15, -0.1) is 0 Å². The zero-order valence-electron chi connectivity index (χ0n) is 20.1. The van der Waals surface area contributed by atoms with Crippen LogP contribution in [0.15, 0.2) is 108 Å². The van der Waals surface area contributed by atoms with E-state index in [1.54, 1.807) is 0 Å². The first-order chi connectivity index (χ1) is 17.7. The molecule has 7 aromatic rings. The summed E-state index contributed by atoms with van der Waals surface area (Å²) in [5.74, 6) is 2.44. The van der Waals surface area contributed by atoms with Gasteiger partial charge in [-0.2, -0.15) is 0 Å². The predicted octanol–water partition coefficient (Wildman–Crippen LogP) is 8.27. The van der Waals surface area contributed by atoms with Crippen LogP contribution in [0.5, 0.6) is 0 Å². The minimum absolute atomic E-state index is 0.692. The van der Waals surface area contributed by atoms with Gasteiger partial charge in [0.15, 0.2) is 11.4 Å². The smallest absolute Gasteiger partial charge is 0.162 e. The molecule has 0 amide bonds. The van der Waals surface area contributed by atoms with E-state index in [-0.39, 0.29) is 0 Å². The van der Waals surface area contributed by atoms with E-state index in [0.29, 0.717) is 5.82 Å². The Balaban J connectivity index is 1.63. The first-order valence-corrected chi connectivity index (χ1v) is 12.1. The van der Waals surface area contributed by atoms with Gasteiger partial charge in [0, 0.05) is 33.4 Å². The first-order valence-electron chi connectivity index (χ1n) is 12.1. The summed E-state index contributed by atoms with van der Waals surface area (Å²) in [5, 5.41) is 3.44. The van der Waals surface area contributed by atoms with Crippen LogP contribution >= 0.6 is 0 Å². The number of fused-ring (bicyclic) bond motifs is 5. The Labute approximate surface area is 208 Å². The van der Waals surface area contributed by atoms with Crippen molar-refractivity contribution in [3.05, 3.63) is 114 Å². The number of hydrogen-bond donors (Lipinski definition) is 0. The van der Waals surface area contributed by atoms with Crippen LogP contribution < -0.4 is 0 Å². The molecule has 0 aliphatic carbocycles. The van der Waals surface area contributed by atoms with Crippen LogP contribution in [0.3, 0.4) is 0 Å². The number of aryl methyl sites for hydroxylation is 2. The fourth-order valence-electron chi connectivity index (χ4n) is 5.11. The number of hydrogen-bond acceptors (Lipinski definition) is 3. The zero-order valence-corrected chi connectivity index (χ0v) is 20.1. The van der Waals surface area contributed by atoms with E-state index in [4.69, 9.17) is 14.4 Å². The molecule has 0 fully saturated rings. The molecule has 0 bridgehead atoms. The van der Waals surface area contributed by atoms with Crippen molar-refractivity contribution in [1.82, 2.24) is 14.5 Å². The average Bonchev–Trinajstić information content (AvgIpc) is 3.43. The Morgan fingerprint density at radius 3 is 2.08 bits per heavy atom. The van der Waals surface area contributed by atoms with Crippen molar-refractivity contribution >= 4 is 32.8 Å². The van der Waals surface area contributed by atoms with Gasteiger partial charge in [-0.05, 0) is 25.5 Å². The van der Waals surface area contributed by atoms with Gasteiger partial charge < -0.3 is 4.42 Å². The van der Waals surface area contributed by atoms with Crippen LogP contribution in [0.2, 0.25) is 0 Å². The van der Waals surface area contributed by atoms with E-state index in [0.717, 1.165) is 55.8 Å². The van der Waals surface area contributed by atoms with Crippen molar-refractivity contribution < 1.29 is 4.42 Å². The van der Waals surface area contributed by atoms with E-state index in [1.165, 1.54) is 10.9 Å². The molecule has 0 radical (unpaired) electrons. The van der Waals surface area contributed by atoms with Crippen LogP contribution in [0.4, 0.5) is 0 Å². The maximum atomic E-state index is 6.37. The minimum atomic E-state index is 0.692. The monoisotopic (exact) mass is 465 g/mol. The van der Waals surface area contributed by atoms with Gasteiger partial charge in [0.2, 0.25) is 0 Å². The van der Waals surface area contributed by atoms with Gasteiger partial charge in [-0.3, -0.25) is 4.57 Å². The maximum Gasteiger partial charge on any atom is 0.162 e. The summed E-state index contributed by atoms with van der Waals surface area (Å²) < 4.78 is 8.60. The molecule has 0 N–H and O–H groups in total. The molecule has 0 aliphatic rings. The third-order valence-electron chi connectivity index (χ3n) is 7.02. The SMILES string of the molecule is Cc1oc2c(ccc3c4ccccc4n(-c4cc(-c5ccccc5)nc(-c5ccccc5)n4)c32)c1C. The lowest BCUT2D eigenvalue weighted by molar-refractivity contribution is 0.577. The normalized spacial score (nSPS) is 11.6. The molecule has 3 aromatic heterocycles. The highest BCUT2D eigenvalue weighted by molar-refractivity contribution is 6.17. The summed E-state index contributed by atoms with van der Waals surface area (Å²) in [4.78, 5) is 10.1. The molecule has 0 aliphatic heterocycles. The molecular formula is C32H23N3O. The van der Waals surface area contributed by atoms with E-state index >= 15 is 0 Å². The van der Waals surface area contributed by atoms with E-state index < -0.39 is 0 Å². The standard InChI is InChI=1S/C32H23N3O/c1-20-21(2)36-31-24(20)17-18-26-25-15-9-10-16-28(25)35(30(26)31)29-19-27(22-11-5-3-6-12-22)33-32(34-29)23-13-7-4-8-14-23/h3-19H,1-2H3. The Morgan fingerprint density at radius 1 is 0.639 bits per heavy atom. The highest BCUT2D eigenvalue weighted by Gasteiger charge is 2.20. The van der Waals surface area contributed by atoms with Gasteiger partial charge >= 0.3 is 0 Å². The lowest BCUT2D eigenvalue weighted by atomic mass is 10.1. The molecule has 0 saturated heterocycles. The Kier molecular flexibility index (Phi) is 4.55. The van der Waals surface area contributed by atoms with Gasteiger partial charge in [0.05, 0.1) is 16.7 Å². The lowest BCUT2D eigenvalue weighted by Gasteiger charge is -2.12. The van der Waals surface area contributed by atoms with Gasteiger partial charge in [-0.25, -0.2) is 9.97 Å². The number of benzene rings is 4. The van der Waals surface area contributed by atoms with Crippen molar-refractivity contribution in [2.24, 2.45) is 0 Å². The van der Waals surface area contributed by atoms with Gasteiger partial charge in [-0.1, -0.05) is 91.0 Å². The summed E-state index contributed by atoms with van der Waals surface area (Å²) in [5.41, 5.74) is 7.08. The zero-order chi connectivity index (χ0) is 24.2. The Morgan fingerprint density at radius 2 is 1.31 bits per heavy atom. The summed E-state index contributed by atoms with van der Waals surface area (Å²) in [6.07, 6.45) is 0. The van der Waals surface area contributed by atoms with Crippen LogP contribution in [0, 0.1) is 13.8 Å². The second-order valence-electron chi connectivity index (χ2n) is 9.14. The lowest BCUT2D eigenvalue weighted by Crippen LogP contribution is -2.02.